The molecule has 120 valence electrons. The van der Waals surface area contributed by atoms with Crippen molar-refractivity contribution >= 4 is 28.3 Å². The number of H-pyrrole nitrogens is 1. The predicted molar refractivity (Wildman–Crippen MR) is 87.7 cm³/mol. The van der Waals surface area contributed by atoms with Crippen molar-refractivity contribution in [3.63, 3.8) is 0 Å². The molecule has 0 fully saturated rings. The fraction of sp³-hybridized carbons (Fsp3) is 0.267. The Hall–Kier alpha value is -2.45. The fourth-order valence-electron chi connectivity index (χ4n) is 2.43. The van der Waals surface area contributed by atoms with E-state index >= 15 is 0 Å². The number of nitrogens with one attached hydrogen (secondary N) is 2. The molecule has 3 rings (SSSR count). The van der Waals surface area contributed by atoms with Gasteiger partial charge < -0.3 is 10.4 Å². The van der Waals surface area contributed by atoms with E-state index in [0.29, 0.717) is 11.3 Å². The molecule has 0 aromatic carbocycles. The van der Waals surface area contributed by atoms with E-state index in [1.165, 1.54) is 16.0 Å². The van der Waals surface area contributed by atoms with Gasteiger partial charge in [-0.3, -0.25) is 19.4 Å². The first-order chi connectivity index (χ1) is 11.0. The number of carbonyl (C=O) groups excluding carboxylic acids is 1. The highest BCUT2D eigenvalue weighted by atomic mass is 32.1. The number of rotatable bonds is 4. The van der Waals surface area contributed by atoms with Gasteiger partial charge in [-0.2, -0.15) is 11.3 Å². The van der Waals surface area contributed by atoms with E-state index in [1.807, 2.05) is 10.8 Å². The number of aryl methyl sites for hydroxylation is 2. The summed E-state index contributed by atoms with van der Waals surface area (Å²) >= 11 is 1.48. The highest BCUT2D eigenvalue weighted by Gasteiger charge is 2.18. The largest absolute Gasteiger partial charge is 0.387 e. The van der Waals surface area contributed by atoms with Crippen LogP contribution in [-0.4, -0.2) is 32.3 Å². The van der Waals surface area contributed by atoms with Crippen LogP contribution in [-0.2, 0) is 7.05 Å². The van der Waals surface area contributed by atoms with Gasteiger partial charge in [0.1, 0.15) is 0 Å². The van der Waals surface area contributed by atoms with Crippen molar-refractivity contribution in [2.75, 3.05) is 6.54 Å². The second-order valence-corrected chi connectivity index (χ2v) is 6.07. The van der Waals surface area contributed by atoms with Crippen molar-refractivity contribution in [1.82, 2.24) is 20.1 Å². The molecular weight excluding hydrogens is 316 g/mol. The van der Waals surface area contributed by atoms with Gasteiger partial charge in [-0.15, -0.1) is 0 Å². The topological polar surface area (TPSA) is 100 Å². The fourth-order valence-corrected chi connectivity index (χ4v) is 3.14. The summed E-state index contributed by atoms with van der Waals surface area (Å²) in [6.45, 7) is 1.83. The molecule has 1 unspecified atom stereocenters. The first kappa shape index (κ1) is 15.4. The zero-order valence-electron chi connectivity index (χ0n) is 12.7. The molecule has 3 heterocycles. The van der Waals surface area contributed by atoms with Crippen molar-refractivity contribution in [2.24, 2.45) is 7.05 Å². The lowest BCUT2D eigenvalue weighted by Crippen LogP contribution is -2.29. The van der Waals surface area contributed by atoms with Crippen LogP contribution in [0.15, 0.2) is 27.7 Å². The van der Waals surface area contributed by atoms with Gasteiger partial charge in [0.15, 0.2) is 5.65 Å². The molecule has 0 saturated heterocycles. The molecule has 7 nitrogen and oxygen atoms in total. The number of pyridine rings is 1. The highest BCUT2D eigenvalue weighted by molar-refractivity contribution is 7.07. The van der Waals surface area contributed by atoms with E-state index in [4.69, 9.17) is 0 Å². The Balaban J connectivity index is 1.88. The summed E-state index contributed by atoms with van der Waals surface area (Å²) in [5.41, 5.74) is 1.71. The van der Waals surface area contributed by atoms with E-state index in [2.05, 4.69) is 15.4 Å². The molecule has 0 aliphatic rings. The number of aliphatic hydroxyl groups excluding tert-OH is 1. The number of nitrogens with zero attached hydrogens (tertiary/aromatic N) is 2. The first-order valence-corrected chi connectivity index (χ1v) is 7.96. The lowest BCUT2D eigenvalue weighted by atomic mass is 10.1. The number of carbonyl (C=O) groups is 1. The number of fused-ring (bicyclic) bond motifs is 1. The lowest BCUT2D eigenvalue weighted by Gasteiger charge is -2.11. The molecule has 0 spiro atoms. The minimum Gasteiger partial charge on any atom is -0.387 e. The Bertz CT molecular complexity index is 911. The van der Waals surface area contributed by atoms with Crippen molar-refractivity contribution in [3.8, 4) is 0 Å². The Labute approximate surface area is 135 Å². The van der Waals surface area contributed by atoms with Gasteiger partial charge >= 0.3 is 0 Å². The zero-order valence-corrected chi connectivity index (χ0v) is 13.5. The molecule has 0 saturated carbocycles. The Morgan fingerprint density at radius 3 is 3.04 bits per heavy atom. The Morgan fingerprint density at radius 1 is 1.57 bits per heavy atom. The second kappa shape index (κ2) is 5.98. The molecular formula is C15H16N4O3S. The van der Waals surface area contributed by atoms with Crippen LogP contribution >= 0.6 is 11.3 Å². The molecule has 1 amide bonds. The third-order valence-electron chi connectivity index (χ3n) is 3.57. The van der Waals surface area contributed by atoms with Crippen LogP contribution in [0.1, 0.15) is 27.7 Å². The number of hydrogen-bond acceptors (Lipinski definition) is 5. The van der Waals surface area contributed by atoms with Crippen molar-refractivity contribution in [3.05, 3.63) is 50.1 Å². The van der Waals surface area contributed by atoms with Crippen molar-refractivity contribution < 1.29 is 9.90 Å². The average molecular weight is 332 g/mol. The first-order valence-electron chi connectivity index (χ1n) is 7.02. The van der Waals surface area contributed by atoms with Gasteiger partial charge in [0.05, 0.1) is 17.1 Å². The number of aromatic nitrogens is 3. The van der Waals surface area contributed by atoms with Crippen LogP contribution in [0.5, 0.6) is 0 Å². The second-order valence-electron chi connectivity index (χ2n) is 5.29. The van der Waals surface area contributed by atoms with Crippen LogP contribution in [0.4, 0.5) is 0 Å². The third-order valence-corrected chi connectivity index (χ3v) is 4.27. The zero-order chi connectivity index (χ0) is 16.6. The standard InChI is InChI=1S/C15H16N4O3S/c1-8-5-10(12-13(17-8)19(2)18-15(12)22)14(21)16-6-11(20)9-3-4-23-7-9/h3-5,7,11,20H,6H2,1-2H3,(H,16,21)(H,18,22). The molecule has 0 radical (unpaired) electrons. The number of thiophene rings is 1. The average Bonchev–Trinajstić information content (AvgIpc) is 3.13. The lowest BCUT2D eigenvalue weighted by molar-refractivity contribution is 0.0918. The SMILES string of the molecule is Cc1cc(C(=O)NCC(O)c2ccsc2)c2c(=O)[nH]n(C)c2n1. The van der Waals surface area contributed by atoms with Crippen LogP contribution in [0.2, 0.25) is 0 Å². The monoisotopic (exact) mass is 332 g/mol. The third kappa shape index (κ3) is 2.90. The minimum atomic E-state index is -0.780. The van der Waals surface area contributed by atoms with Crippen LogP contribution in [0.3, 0.4) is 0 Å². The van der Waals surface area contributed by atoms with Crippen molar-refractivity contribution in [1.29, 1.82) is 0 Å². The molecule has 1 atom stereocenters. The van der Waals surface area contributed by atoms with Gasteiger partial charge in [-0.05, 0) is 35.4 Å². The molecule has 3 aromatic rings. The molecule has 3 N–H and O–H groups in total. The van der Waals surface area contributed by atoms with Crippen molar-refractivity contribution in [2.45, 2.75) is 13.0 Å². The summed E-state index contributed by atoms with van der Waals surface area (Å²) < 4.78 is 1.49. The molecule has 0 bridgehead atoms. The molecule has 0 aliphatic heterocycles. The number of amides is 1. The van der Waals surface area contributed by atoms with E-state index in [-0.39, 0.29) is 23.1 Å². The molecule has 3 aromatic heterocycles. The van der Waals surface area contributed by atoms with Crippen LogP contribution in [0, 0.1) is 6.92 Å². The van der Waals surface area contributed by atoms with Gasteiger partial charge in [0.2, 0.25) is 0 Å². The van der Waals surface area contributed by atoms with Gasteiger partial charge in [0, 0.05) is 19.3 Å². The summed E-state index contributed by atoms with van der Waals surface area (Å²) in [6.07, 6.45) is -0.780. The Morgan fingerprint density at radius 2 is 2.35 bits per heavy atom. The van der Waals surface area contributed by atoms with E-state index < -0.39 is 12.0 Å². The smallest absolute Gasteiger partial charge is 0.274 e. The number of aliphatic hydroxyl groups is 1. The number of hydrogen-bond donors (Lipinski definition) is 3. The summed E-state index contributed by atoms with van der Waals surface area (Å²) in [5, 5.41) is 19.2. The summed E-state index contributed by atoms with van der Waals surface area (Å²) in [4.78, 5) is 28.7. The van der Waals surface area contributed by atoms with Gasteiger partial charge in [-0.25, -0.2) is 4.98 Å². The maximum atomic E-state index is 12.4. The quantitative estimate of drug-likeness (QED) is 0.666. The number of aromatic amines is 1. The van der Waals surface area contributed by atoms with E-state index in [9.17, 15) is 14.7 Å². The molecule has 0 aliphatic carbocycles. The minimum absolute atomic E-state index is 0.0726. The maximum Gasteiger partial charge on any atom is 0.274 e. The highest BCUT2D eigenvalue weighted by Crippen LogP contribution is 2.17. The van der Waals surface area contributed by atoms with Gasteiger partial charge in [-0.1, -0.05) is 0 Å². The summed E-state index contributed by atoms with van der Waals surface area (Å²) in [7, 11) is 1.66. The normalized spacial score (nSPS) is 12.5. The van der Waals surface area contributed by atoms with E-state index in [0.717, 1.165) is 5.56 Å². The van der Waals surface area contributed by atoms with Gasteiger partial charge in [0.25, 0.3) is 11.5 Å². The predicted octanol–water partition coefficient (Wildman–Crippen LogP) is 1.09. The Kier molecular flexibility index (Phi) is 4.01. The summed E-state index contributed by atoms with van der Waals surface area (Å²) in [6, 6.07) is 3.38. The molecule has 23 heavy (non-hydrogen) atoms. The van der Waals surface area contributed by atoms with E-state index in [1.54, 1.807) is 26.1 Å². The van der Waals surface area contributed by atoms with Crippen LogP contribution < -0.4 is 10.9 Å². The summed E-state index contributed by atoms with van der Waals surface area (Å²) in [5.74, 6) is -0.411. The van der Waals surface area contributed by atoms with Crippen LogP contribution in [0.25, 0.3) is 11.0 Å². The maximum absolute atomic E-state index is 12.4. The molecule has 8 heteroatoms.